The first kappa shape index (κ1) is 32.6. The van der Waals surface area contributed by atoms with Crippen LogP contribution in [0.1, 0.15) is 85.2 Å². The van der Waals surface area contributed by atoms with E-state index in [0.29, 0.717) is 30.6 Å². The zero-order valence-corrected chi connectivity index (χ0v) is 24.1. The van der Waals surface area contributed by atoms with Crippen molar-refractivity contribution in [2.75, 3.05) is 11.4 Å². The number of aryl methyl sites for hydroxylation is 1. The molecule has 0 fully saturated rings. The molecule has 0 aliphatic carbocycles. The van der Waals surface area contributed by atoms with Crippen LogP contribution in [0.4, 0.5) is 45.2 Å². The van der Waals surface area contributed by atoms with Crippen LogP contribution in [0, 0.1) is 0 Å². The number of hydrogen-bond acceptors (Lipinski definition) is 2. The first-order valence-corrected chi connectivity index (χ1v) is 14.0. The van der Waals surface area contributed by atoms with E-state index in [0.717, 1.165) is 36.5 Å². The number of rotatable bonds is 7. The van der Waals surface area contributed by atoms with E-state index >= 15 is 0 Å². The average Bonchev–Trinajstić information content (AvgIpc) is 2.90. The molecule has 1 aliphatic rings. The lowest BCUT2D eigenvalue weighted by Crippen LogP contribution is -2.48. The lowest BCUT2D eigenvalue weighted by molar-refractivity contribution is -0.699. The summed E-state index contributed by atoms with van der Waals surface area (Å²) in [4.78, 5) is 6.25. The molecule has 0 saturated carbocycles. The number of alkyl halides is 9. The van der Waals surface area contributed by atoms with Gasteiger partial charge in [-0.15, -0.1) is 0 Å². The van der Waals surface area contributed by atoms with Crippen LogP contribution in [0.25, 0.3) is 0 Å². The minimum atomic E-state index is -4.67. The summed E-state index contributed by atoms with van der Waals surface area (Å²) in [7, 11) is 0. The molecule has 0 N–H and O–H groups in total. The van der Waals surface area contributed by atoms with Gasteiger partial charge < -0.3 is 4.90 Å². The van der Waals surface area contributed by atoms with Crippen LogP contribution in [0.15, 0.2) is 48.8 Å². The van der Waals surface area contributed by atoms with Gasteiger partial charge in [0.25, 0.3) is 0 Å². The molecule has 0 radical (unpaired) electrons. The van der Waals surface area contributed by atoms with E-state index in [9.17, 15) is 39.5 Å². The third kappa shape index (κ3) is 7.80. The van der Waals surface area contributed by atoms with Crippen molar-refractivity contribution < 1.29 is 44.1 Å². The Balaban J connectivity index is 1.63. The number of aromatic nitrogens is 2. The van der Waals surface area contributed by atoms with Crippen LogP contribution >= 0.6 is 0 Å². The van der Waals surface area contributed by atoms with Crippen LogP contribution in [-0.2, 0) is 37.9 Å². The minimum Gasteiger partial charge on any atom is -0.362 e. The van der Waals surface area contributed by atoms with E-state index in [4.69, 9.17) is 0 Å². The molecule has 4 rings (SSSR count). The second-order valence-corrected chi connectivity index (χ2v) is 11.6. The van der Waals surface area contributed by atoms with Crippen molar-refractivity contribution in [2.24, 2.45) is 0 Å². The highest BCUT2D eigenvalue weighted by Crippen LogP contribution is 2.37. The van der Waals surface area contributed by atoms with Crippen molar-refractivity contribution in [2.45, 2.75) is 89.9 Å². The number of anilines is 1. The first-order valence-electron chi connectivity index (χ1n) is 14.0. The molecule has 2 atom stereocenters. The monoisotopic (exact) mass is 618 g/mol. The molecule has 0 saturated heterocycles. The van der Waals surface area contributed by atoms with Crippen LogP contribution in [-0.4, -0.2) is 17.6 Å². The minimum absolute atomic E-state index is 0.0124. The van der Waals surface area contributed by atoms with Gasteiger partial charge in [0.1, 0.15) is 5.56 Å². The summed E-state index contributed by atoms with van der Waals surface area (Å²) < 4.78 is 124. The molecule has 2 aromatic heterocycles. The lowest BCUT2D eigenvalue weighted by atomic mass is 9.94. The topological polar surface area (TPSA) is 20.0 Å². The average molecular weight is 619 g/mol. The Labute approximate surface area is 244 Å². The zero-order valence-electron chi connectivity index (χ0n) is 24.1. The van der Waals surface area contributed by atoms with E-state index in [2.05, 4.69) is 4.98 Å². The maximum atomic E-state index is 13.9. The smallest absolute Gasteiger partial charge is 0.362 e. The maximum absolute atomic E-state index is 13.9. The van der Waals surface area contributed by atoms with Crippen LogP contribution < -0.4 is 9.47 Å². The van der Waals surface area contributed by atoms with Crippen LogP contribution in [0.3, 0.4) is 0 Å². The summed E-state index contributed by atoms with van der Waals surface area (Å²) in [6.07, 6.45) is -10.2. The second-order valence-electron chi connectivity index (χ2n) is 11.6. The quantitative estimate of drug-likeness (QED) is 0.195. The predicted molar refractivity (Wildman–Crippen MR) is 144 cm³/mol. The molecule has 12 heteroatoms. The number of fused-ring (bicyclic) bond motifs is 1. The highest BCUT2D eigenvalue weighted by atomic mass is 19.4. The summed E-state index contributed by atoms with van der Waals surface area (Å²) >= 11 is 0. The molecule has 2 unspecified atom stereocenters. The molecule has 3 heterocycles. The van der Waals surface area contributed by atoms with Crippen molar-refractivity contribution >= 4 is 5.69 Å². The molecule has 43 heavy (non-hydrogen) atoms. The summed E-state index contributed by atoms with van der Waals surface area (Å²) in [5, 5.41) is 0. The second kappa shape index (κ2) is 12.0. The van der Waals surface area contributed by atoms with Crippen LogP contribution in [0.5, 0.6) is 0 Å². The molecule has 0 amide bonds. The molecular weight excluding hydrogens is 585 g/mol. The molecule has 3 nitrogen and oxygen atoms in total. The Bertz CT molecular complexity index is 1440. The van der Waals surface area contributed by atoms with Crippen molar-refractivity contribution in [3.63, 3.8) is 0 Å². The summed E-state index contributed by atoms with van der Waals surface area (Å²) in [6.45, 7) is 7.48. The number of halogens is 9. The maximum Gasteiger partial charge on any atom is 0.422 e. The molecule has 1 aromatic carbocycles. The Hall–Kier alpha value is -3.31. The van der Waals surface area contributed by atoms with E-state index in [1.807, 2.05) is 4.90 Å². The van der Waals surface area contributed by atoms with Gasteiger partial charge in [-0.25, -0.2) is 4.57 Å². The fraction of sp³-hybridized carbons (Fsp3) is 0.484. The fourth-order valence-corrected chi connectivity index (χ4v) is 5.46. The van der Waals surface area contributed by atoms with Gasteiger partial charge in [0, 0.05) is 29.2 Å². The SMILES string of the molecule is CC(C)c1cc(C(F)(F)F)cc(CC(C)c2cc(C(F)(F)F)c[n+](CC(C)N3CCCc4cc(C(F)(F)F)ccc43)c2)n1. The van der Waals surface area contributed by atoms with Gasteiger partial charge in [-0.2, -0.15) is 39.5 Å². The van der Waals surface area contributed by atoms with Gasteiger partial charge in [0.15, 0.2) is 18.9 Å². The van der Waals surface area contributed by atoms with Crippen molar-refractivity contribution in [1.82, 2.24) is 4.98 Å². The summed E-state index contributed by atoms with van der Waals surface area (Å²) in [6, 6.07) is 6.09. The third-order valence-electron chi connectivity index (χ3n) is 7.74. The number of nitrogens with zero attached hydrogens (tertiary/aromatic N) is 3. The molecule has 234 valence electrons. The van der Waals surface area contributed by atoms with Crippen molar-refractivity contribution in [3.05, 3.63) is 88.0 Å². The van der Waals surface area contributed by atoms with Gasteiger partial charge in [0.05, 0.1) is 17.2 Å². The van der Waals surface area contributed by atoms with Gasteiger partial charge in [-0.3, -0.25) is 4.98 Å². The molecule has 1 aliphatic heterocycles. The Morgan fingerprint density at radius 2 is 1.44 bits per heavy atom. The third-order valence-corrected chi connectivity index (χ3v) is 7.74. The van der Waals surface area contributed by atoms with Gasteiger partial charge in [-0.1, -0.05) is 20.8 Å². The number of pyridine rings is 2. The largest absolute Gasteiger partial charge is 0.422 e. The standard InChI is InChI=1S/C31H33F9N3/c1-18(2)27-14-24(30(35,36)37)13-26(41-27)10-19(3)22-12-25(31(38,39)40)17-42(16-22)15-20(4)43-9-5-6-21-11-23(29(32,33)34)7-8-28(21)43/h7-8,11-14,16-20H,5-6,9-10,15H2,1-4H3/q+1. The van der Waals surface area contributed by atoms with E-state index in [-0.39, 0.29) is 41.9 Å². The fourth-order valence-electron chi connectivity index (χ4n) is 5.46. The first-order chi connectivity index (χ1) is 19.8. The van der Waals surface area contributed by atoms with Gasteiger partial charge >= 0.3 is 18.5 Å². The lowest BCUT2D eigenvalue weighted by Gasteiger charge is -2.35. The highest BCUT2D eigenvalue weighted by Gasteiger charge is 2.36. The van der Waals surface area contributed by atoms with Crippen molar-refractivity contribution in [1.29, 1.82) is 0 Å². The van der Waals surface area contributed by atoms with E-state index in [1.54, 1.807) is 33.9 Å². The summed E-state index contributed by atoms with van der Waals surface area (Å²) in [5.74, 6) is -0.884. The van der Waals surface area contributed by atoms with Crippen molar-refractivity contribution in [3.8, 4) is 0 Å². The van der Waals surface area contributed by atoms with Gasteiger partial charge in [0.2, 0.25) is 0 Å². The molecule has 0 spiro atoms. The van der Waals surface area contributed by atoms with E-state index in [1.165, 1.54) is 10.6 Å². The van der Waals surface area contributed by atoms with Crippen LogP contribution in [0.2, 0.25) is 0 Å². The van der Waals surface area contributed by atoms with Gasteiger partial charge in [-0.05, 0) is 80.0 Å². The molecule has 3 aromatic rings. The zero-order chi connectivity index (χ0) is 31.9. The Morgan fingerprint density at radius 3 is 2.05 bits per heavy atom. The Kier molecular flexibility index (Phi) is 9.09. The number of hydrogen-bond donors (Lipinski definition) is 0. The normalized spacial score (nSPS) is 15.9. The number of benzene rings is 1. The highest BCUT2D eigenvalue weighted by molar-refractivity contribution is 5.57. The predicted octanol–water partition coefficient (Wildman–Crippen LogP) is 8.74. The molecular formula is C31H33F9N3+. The Morgan fingerprint density at radius 1 is 0.791 bits per heavy atom. The summed E-state index contributed by atoms with van der Waals surface area (Å²) in [5.41, 5.74) is -0.706. The van der Waals surface area contributed by atoms with E-state index < -0.39 is 41.1 Å². The molecule has 0 bridgehead atoms.